The Morgan fingerprint density at radius 2 is 2.04 bits per heavy atom. The maximum atomic E-state index is 13.3. The van der Waals surface area contributed by atoms with Crippen LogP contribution >= 0.6 is 11.8 Å². The number of benzene rings is 2. The van der Waals surface area contributed by atoms with Crippen LogP contribution in [-0.4, -0.2) is 36.8 Å². The summed E-state index contributed by atoms with van der Waals surface area (Å²) < 4.78 is 14.8. The van der Waals surface area contributed by atoms with Crippen LogP contribution in [0.5, 0.6) is 0 Å². The number of thioether (sulfide) groups is 1. The number of aromatic nitrogens is 4. The molecule has 0 fully saturated rings. The summed E-state index contributed by atoms with van der Waals surface area (Å²) in [5.74, 6) is -1.43. The van der Waals surface area contributed by atoms with Crippen molar-refractivity contribution in [2.75, 3.05) is 11.1 Å². The van der Waals surface area contributed by atoms with E-state index < -0.39 is 22.3 Å². The number of hydrogen-bond donors (Lipinski definition) is 1. The molecule has 0 aliphatic carbocycles. The number of hydrogen-bond acceptors (Lipinski definition) is 7. The lowest BCUT2D eigenvalue weighted by molar-refractivity contribution is -0.387. The van der Waals surface area contributed by atoms with Crippen LogP contribution in [0.15, 0.2) is 53.7 Å². The van der Waals surface area contributed by atoms with Gasteiger partial charge in [-0.25, -0.2) is 0 Å². The molecule has 0 aliphatic rings. The van der Waals surface area contributed by atoms with Crippen LogP contribution in [0.3, 0.4) is 0 Å². The van der Waals surface area contributed by atoms with Gasteiger partial charge in [0.25, 0.3) is 0 Å². The zero-order valence-corrected chi connectivity index (χ0v) is 13.9. The summed E-state index contributed by atoms with van der Waals surface area (Å²) in [6.07, 6.45) is 0. The molecule has 9 nitrogen and oxygen atoms in total. The molecule has 132 valence electrons. The third kappa shape index (κ3) is 4.00. The van der Waals surface area contributed by atoms with E-state index in [0.717, 1.165) is 29.6 Å². The van der Waals surface area contributed by atoms with Gasteiger partial charge in [-0.1, -0.05) is 30.0 Å². The zero-order chi connectivity index (χ0) is 18.5. The van der Waals surface area contributed by atoms with Gasteiger partial charge in [-0.2, -0.15) is 9.07 Å². The van der Waals surface area contributed by atoms with Crippen LogP contribution in [0.1, 0.15) is 0 Å². The fourth-order valence-corrected chi connectivity index (χ4v) is 2.75. The Labute approximate surface area is 150 Å². The summed E-state index contributed by atoms with van der Waals surface area (Å²) in [5, 5.41) is 25.0. The van der Waals surface area contributed by atoms with E-state index in [9.17, 15) is 19.3 Å². The Morgan fingerprint density at radius 3 is 2.77 bits per heavy atom. The van der Waals surface area contributed by atoms with Gasteiger partial charge in [0.05, 0.1) is 16.4 Å². The van der Waals surface area contributed by atoms with E-state index >= 15 is 0 Å². The maximum Gasteiger partial charge on any atom is 0.306 e. The molecule has 2 aromatic carbocycles. The fraction of sp³-hybridized carbons (Fsp3) is 0.0667. The molecule has 0 aliphatic heterocycles. The number of rotatable bonds is 6. The largest absolute Gasteiger partial charge is 0.325 e. The number of carbonyl (C=O) groups is 1. The summed E-state index contributed by atoms with van der Waals surface area (Å²) in [4.78, 5) is 21.9. The smallest absolute Gasteiger partial charge is 0.306 e. The van der Waals surface area contributed by atoms with Crippen molar-refractivity contribution in [3.05, 3.63) is 64.5 Å². The first-order valence-corrected chi connectivity index (χ1v) is 8.23. The third-order valence-electron chi connectivity index (χ3n) is 3.20. The summed E-state index contributed by atoms with van der Waals surface area (Å²) in [6.45, 7) is 0. The highest BCUT2D eigenvalue weighted by Crippen LogP contribution is 2.22. The molecule has 0 spiro atoms. The van der Waals surface area contributed by atoms with E-state index in [-0.39, 0.29) is 11.4 Å². The first kappa shape index (κ1) is 17.5. The van der Waals surface area contributed by atoms with Crippen molar-refractivity contribution in [2.45, 2.75) is 5.16 Å². The molecule has 3 aromatic rings. The summed E-state index contributed by atoms with van der Waals surface area (Å²) in [5.41, 5.74) is 0.171. The number of nitro benzene ring substituents is 1. The number of nitro groups is 1. The van der Waals surface area contributed by atoms with Gasteiger partial charge in [-0.05, 0) is 34.7 Å². The molecule has 1 amide bonds. The molecule has 1 heterocycles. The van der Waals surface area contributed by atoms with E-state index in [1.165, 1.54) is 10.7 Å². The van der Waals surface area contributed by atoms with E-state index in [4.69, 9.17) is 0 Å². The Morgan fingerprint density at radius 1 is 1.27 bits per heavy atom. The number of nitrogens with zero attached hydrogens (tertiary/aromatic N) is 5. The van der Waals surface area contributed by atoms with Crippen LogP contribution in [0, 0.1) is 15.9 Å². The lowest BCUT2D eigenvalue weighted by atomic mass is 10.2. The van der Waals surface area contributed by atoms with E-state index in [0.29, 0.717) is 5.16 Å². The Balaban J connectivity index is 1.65. The molecule has 26 heavy (non-hydrogen) atoms. The highest BCUT2D eigenvalue weighted by atomic mass is 32.2. The van der Waals surface area contributed by atoms with Gasteiger partial charge in [0, 0.05) is 11.8 Å². The normalized spacial score (nSPS) is 10.5. The summed E-state index contributed by atoms with van der Waals surface area (Å²) in [6, 6.07) is 12.3. The average molecular weight is 374 g/mol. The van der Waals surface area contributed by atoms with E-state index in [1.807, 2.05) is 30.3 Å². The molecule has 0 saturated heterocycles. The summed E-state index contributed by atoms with van der Waals surface area (Å²) in [7, 11) is 0. The predicted molar refractivity (Wildman–Crippen MR) is 91.6 cm³/mol. The first-order chi connectivity index (χ1) is 12.5. The van der Waals surface area contributed by atoms with Gasteiger partial charge < -0.3 is 5.32 Å². The molecule has 3 rings (SSSR count). The second-order valence-corrected chi connectivity index (χ2v) is 5.91. The zero-order valence-electron chi connectivity index (χ0n) is 13.1. The molecule has 1 N–H and O–H groups in total. The number of carbonyl (C=O) groups excluding carboxylic acids is 1. The molecule has 11 heteroatoms. The minimum atomic E-state index is -0.968. The highest BCUT2D eigenvalue weighted by Gasteiger charge is 2.16. The lowest BCUT2D eigenvalue weighted by Gasteiger charge is -2.06. The quantitative estimate of drug-likeness (QED) is 0.400. The molecular formula is C15H11FN6O3S. The fourth-order valence-electron chi connectivity index (χ4n) is 2.06. The van der Waals surface area contributed by atoms with Crippen LogP contribution in [-0.2, 0) is 4.79 Å². The number of anilines is 1. The maximum absolute atomic E-state index is 13.3. The van der Waals surface area contributed by atoms with Gasteiger partial charge in [0.1, 0.15) is 0 Å². The minimum absolute atomic E-state index is 0.0294. The number of amides is 1. The number of halogens is 1. The molecule has 1 aromatic heterocycles. The Kier molecular flexibility index (Phi) is 5.17. The van der Waals surface area contributed by atoms with Crippen molar-refractivity contribution in [3.8, 4) is 5.69 Å². The molecule has 0 atom stereocenters. The van der Waals surface area contributed by atoms with Gasteiger partial charge >= 0.3 is 5.69 Å². The SMILES string of the molecule is O=C(CSc1nnnn1-c1ccccc1)Nc1ccc(F)c([N+](=O)[O-])c1. The summed E-state index contributed by atoms with van der Waals surface area (Å²) >= 11 is 1.10. The Hall–Kier alpha value is -3.34. The van der Waals surface area contributed by atoms with E-state index in [1.54, 1.807) is 0 Å². The van der Waals surface area contributed by atoms with Crippen molar-refractivity contribution < 1.29 is 14.1 Å². The Bertz CT molecular complexity index is 950. The standard InChI is InChI=1S/C15H11FN6O3S/c16-12-7-6-10(8-13(12)22(24)25)17-14(23)9-26-15-18-19-20-21(15)11-4-2-1-3-5-11/h1-8H,9H2,(H,17,23). The van der Waals surface area contributed by atoms with Crippen molar-refractivity contribution in [1.82, 2.24) is 20.2 Å². The van der Waals surface area contributed by atoms with Crippen molar-refractivity contribution in [3.63, 3.8) is 0 Å². The van der Waals surface area contributed by atoms with E-state index in [2.05, 4.69) is 20.8 Å². The monoisotopic (exact) mass is 374 g/mol. The van der Waals surface area contributed by atoms with Crippen LogP contribution < -0.4 is 5.32 Å². The van der Waals surface area contributed by atoms with Crippen molar-refractivity contribution >= 4 is 29.0 Å². The van der Waals surface area contributed by atoms with Crippen molar-refractivity contribution in [2.24, 2.45) is 0 Å². The van der Waals surface area contributed by atoms with Gasteiger partial charge in [-0.15, -0.1) is 5.10 Å². The van der Waals surface area contributed by atoms with Crippen LogP contribution in [0.4, 0.5) is 15.8 Å². The predicted octanol–water partition coefficient (Wildman–Crippen LogP) is 2.44. The molecule has 0 bridgehead atoms. The second kappa shape index (κ2) is 7.70. The molecule has 0 radical (unpaired) electrons. The average Bonchev–Trinajstić information content (AvgIpc) is 3.11. The van der Waals surface area contributed by atoms with Crippen LogP contribution in [0.25, 0.3) is 5.69 Å². The number of tetrazole rings is 1. The topological polar surface area (TPSA) is 116 Å². The minimum Gasteiger partial charge on any atom is -0.325 e. The van der Waals surface area contributed by atoms with Crippen LogP contribution in [0.2, 0.25) is 0 Å². The first-order valence-electron chi connectivity index (χ1n) is 7.25. The number of para-hydroxylation sites is 1. The molecular weight excluding hydrogens is 363 g/mol. The number of nitrogens with one attached hydrogen (secondary N) is 1. The van der Waals surface area contributed by atoms with Crippen molar-refractivity contribution in [1.29, 1.82) is 0 Å². The van der Waals surface area contributed by atoms with Gasteiger partial charge in [0.2, 0.25) is 16.9 Å². The molecule has 0 saturated carbocycles. The second-order valence-electron chi connectivity index (χ2n) is 4.97. The third-order valence-corrected chi connectivity index (χ3v) is 4.12. The lowest BCUT2D eigenvalue weighted by Crippen LogP contribution is -2.15. The van der Waals surface area contributed by atoms with Gasteiger partial charge in [-0.3, -0.25) is 14.9 Å². The molecule has 0 unspecified atom stereocenters. The highest BCUT2D eigenvalue weighted by molar-refractivity contribution is 7.99. The van der Waals surface area contributed by atoms with Gasteiger partial charge in [0.15, 0.2) is 0 Å².